The zero-order chi connectivity index (χ0) is 29.2. The summed E-state index contributed by atoms with van der Waals surface area (Å²) in [6.45, 7) is 7.64. The monoisotopic (exact) mass is 549 g/mol. The largest absolute Gasteiger partial charge is 0.505 e. The molecule has 212 valence electrons. The Bertz CT molecular complexity index is 1430. The van der Waals surface area contributed by atoms with E-state index in [1.54, 1.807) is 18.1 Å². The highest BCUT2D eigenvalue weighted by Crippen LogP contribution is 2.44. The minimum Gasteiger partial charge on any atom is -0.505 e. The number of aromatic hydroxyl groups is 1. The molecule has 1 amide bonds. The van der Waals surface area contributed by atoms with Crippen molar-refractivity contribution in [3.63, 3.8) is 0 Å². The van der Waals surface area contributed by atoms with Crippen LogP contribution in [0.25, 0.3) is 0 Å². The zero-order valence-corrected chi connectivity index (χ0v) is 23.8. The number of nitrogens with zero attached hydrogens (tertiary/aromatic N) is 1. The van der Waals surface area contributed by atoms with E-state index in [0.29, 0.717) is 35.9 Å². The van der Waals surface area contributed by atoms with E-state index in [1.165, 1.54) is 19.2 Å². The van der Waals surface area contributed by atoms with Gasteiger partial charge < -0.3 is 24.2 Å². The molecule has 40 heavy (non-hydrogen) atoms. The Kier molecular flexibility index (Phi) is 8.37. The number of rotatable bonds is 7. The lowest BCUT2D eigenvalue weighted by Gasteiger charge is -2.31. The molecular formula is C32H36FNO6. The van der Waals surface area contributed by atoms with Gasteiger partial charge in [0, 0.05) is 18.2 Å². The van der Waals surface area contributed by atoms with E-state index < -0.39 is 22.9 Å². The molecule has 3 aromatic carbocycles. The highest BCUT2D eigenvalue weighted by Gasteiger charge is 2.29. The van der Waals surface area contributed by atoms with Gasteiger partial charge in [0.05, 0.1) is 25.3 Å². The Hall–Kier alpha value is -4.07. The van der Waals surface area contributed by atoms with E-state index in [9.17, 15) is 19.1 Å². The fourth-order valence-corrected chi connectivity index (χ4v) is 4.98. The summed E-state index contributed by atoms with van der Waals surface area (Å²) in [5, 5.41) is 9.60. The van der Waals surface area contributed by atoms with Gasteiger partial charge in [-0.3, -0.25) is 9.59 Å². The molecule has 0 saturated heterocycles. The number of anilines is 1. The van der Waals surface area contributed by atoms with Gasteiger partial charge in [0.15, 0.2) is 23.1 Å². The van der Waals surface area contributed by atoms with E-state index in [-0.39, 0.29) is 17.5 Å². The second kappa shape index (κ2) is 11.6. The number of phenols is 1. The van der Waals surface area contributed by atoms with E-state index in [2.05, 4.69) is 0 Å². The summed E-state index contributed by atoms with van der Waals surface area (Å²) < 4.78 is 30.9. The first-order valence-electron chi connectivity index (χ1n) is 13.4. The molecule has 0 bridgehead atoms. The summed E-state index contributed by atoms with van der Waals surface area (Å²) in [6, 6.07) is 13.1. The molecule has 3 aromatic rings. The molecule has 1 aliphatic carbocycles. The van der Waals surface area contributed by atoms with Gasteiger partial charge in [-0.05, 0) is 106 Å². The van der Waals surface area contributed by atoms with E-state index in [1.807, 2.05) is 52.0 Å². The molecule has 0 heterocycles. The van der Waals surface area contributed by atoms with Gasteiger partial charge in [-0.1, -0.05) is 6.07 Å². The summed E-state index contributed by atoms with van der Waals surface area (Å²) in [7, 11) is 3.11. The third-order valence-electron chi connectivity index (χ3n) is 7.25. The highest BCUT2D eigenvalue weighted by molar-refractivity contribution is 6.06. The summed E-state index contributed by atoms with van der Waals surface area (Å²) in [4.78, 5) is 27.5. The first-order valence-corrected chi connectivity index (χ1v) is 13.4. The number of carbonyl (C=O) groups excluding carboxylic acids is 2. The quantitative estimate of drug-likeness (QED) is 0.270. The summed E-state index contributed by atoms with van der Waals surface area (Å²) >= 11 is 0. The maximum Gasteiger partial charge on any atom is 0.316 e. The third kappa shape index (κ3) is 5.91. The molecule has 0 unspecified atom stereocenters. The molecule has 1 aliphatic rings. The minimum atomic E-state index is -0.856. The van der Waals surface area contributed by atoms with Crippen LogP contribution in [0.1, 0.15) is 67.1 Å². The SMILES string of the molecule is CCN(C(=O)c1ccc(O)c(F)c1)c1cc(OC)c(OC)cc1[C@@H]1CCc2cc(OC(=O)C(C)(C)C)ccc2C1. The van der Waals surface area contributed by atoms with Gasteiger partial charge in [0.1, 0.15) is 5.75 Å². The molecular weight excluding hydrogens is 513 g/mol. The average molecular weight is 550 g/mol. The van der Waals surface area contributed by atoms with Crippen LogP contribution in [-0.4, -0.2) is 37.7 Å². The Morgan fingerprint density at radius 2 is 1.70 bits per heavy atom. The molecule has 0 aromatic heterocycles. The van der Waals surface area contributed by atoms with Crippen molar-refractivity contribution >= 4 is 17.6 Å². The van der Waals surface area contributed by atoms with Gasteiger partial charge in [0.2, 0.25) is 0 Å². The number of methoxy groups -OCH3 is 2. The van der Waals surface area contributed by atoms with E-state index in [4.69, 9.17) is 14.2 Å². The molecule has 0 fully saturated rings. The maximum atomic E-state index is 14.1. The number of aryl methyl sites for hydroxylation is 1. The van der Waals surface area contributed by atoms with Gasteiger partial charge in [0.25, 0.3) is 5.91 Å². The van der Waals surface area contributed by atoms with Crippen LogP contribution in [0.5, 0.6) is 23.0 Å². The van der Waals surface area contributed by atoms with Crippen molar-refractivity contribution in [1.29, 1.82) is 0 Å². The lowest BCUT2D eigenvalue weighted by molar-refractivity contribution is -0.143. The van der Waals surface area contributed by atoms with Gasteiger partial charge in [-0.2, -0.15) is 0 Å². The lowest BCUT2D eigenvalue weighted by Crippen LogP contribution is -2.32. The Morgan fingerprint density at radius 1 is 1.00 bits per heavy atom. The van der Waals surface area contributed by atoms with Crippen LogP contribution in [0.4, 0.5) is 10.1 Å². The average Bonchev–Trinajstić information content (AvgIpc) is 2.93. The van der Waals surface area contributed by atoms with Crippen LogP contribution in [0.15, 0.2) is 48.5 Å². The summed E-state index contributed by atoms with van der Waals surface area (Å²) in [5.74, 6) is -0.419. The van der Waals surface area contributed by atoms with E-state index >= 15 is 0 Å². The van der Waals surface area contributed by atoms with Crippen LogP contribution in [0.3, 0.4) is 0 Å². The topological polar surface area (TPSA) is 85.3 Å². The molecule has 7 nitrogen and oxygen atoms in total. The van der Waals surface area contributed by atoms with Crippen LogP contribution in [-0.2, 0) is 17.6 Å². The first kappa shape index (κ1) is 28.9. The van der Waals surface area contributed by atoms with Crippen molar-refractivity contribution in [2.75, 3.05) is 25.7 Å². The Labute approximate surface area is 234 Å². The number of esters is 1. The van der Waals surface area contributed by atoms with Gasteiger partial charge in [-0.25, -0.2) is 4.39 Å². The van der Waals surface area contributed by atoms with Crippen molar-refractivity contribution < 1.29 is 33.3 Å². The fraction of sp³-hybridized carbons (Fsp3) is 0.375. The molecule has 1 N–H and O–H groups in total. The number of phenolic OH excluding ortho intramolecular Hbond substituents is 1. The first-order chi connectivity index (χ1) is 19.0. The number of amides is 1. The molecule has 0 spiro atoms. The van der Waals surface area contributed by atoms with E-state index in [0.717, 1.165) is 35.6 Å². The number of carbonyl (C=O) groups is 2. The molecule has 0 saturated carbocycles. The van der Waals surface area contributed by atoms with Gasteiger partial charge >= 0.3 is 5.97 Å². The molecule has 8 heteroatoms. The van der Waals surface area contributed by atoms with Crippen molar-refractivity contribution in [1.82, 2.24) is 0 Å². The van der Waals surface area contributed by atoms with Crippen LogP contribution in [0, 0.1) is 11.2 Å². The molecule has 4 rings (SSSR count). The van der Waals surface area contributed by atoms with Crippen molar-refractivity contribution in [3.05, 3.63) is 76.6 Å². The third-order valence-corrected chi connectivity index (χ3v) is 7.25. The number of ether oxygens (including phenoxy) is 3. The second-order valence-electron chi connectivity index (χ2n) is 11.0. The Morgan fingerprint density at radius 3 is 2.33 bits per heavy atom. The summed E-state index contributed by atoms with van der Waals surface area (Å²) in [5.41, 5.74) is 3.37. The number of fused-ring (bicyclic) bond motifs is 1. The standard InChI is InChI=1S/C32H36FNO6/c1-7-34(30(36)22-11-13-27(35)25(33)16-22)26-18-29(39-6)28(38-5)17-24(26)21-9-8-20-15-23(12-10-19(20)14-21)40-31(37)32(2,3)4/h10-13,15-18,21,35H,7-9,14H2,1-6H3/t21-/m1/s1. The van der Waals surface area contributed by atoms with Crippen molar-refractivity contribution in [3.8, 4) is 23.0 Å². The van der Waals surface area contributed by atoms with Crippen molar-refractivity contribution in [2.24, 2.45) is 5.41 Å². The van der Waals surface area contributed by atoms with Crippen LogP contribution >= 0.6 is 0 Å². The second-order valence-corrected chi connectivity index (χ2v) is 11.0. The van der Waals surface area contributed by atoms with Crippen molar-refractivity contribution in [2.45, 2.75) is 52.9 Å². The maximum absolute atomic E-state index is 14.1. The number of hydrogen-bond acceptors (Lipinski definition) is 6. The Balaban J connectivity index is 1.70. The predicted octanol–water partition coefficient (Wildman–Crippen LogP) is 6.44. The fourth-order valence-electron chi connectivity index (χ4n) is 4.98. The van der Waals surface area contributed by atoms with Gasteiger partial charge in [-0.15, -0.1) is 0 Å². The highest BCUT2D eigenvalue weighted by atomic mass is 19.1. The number of hydrogen-bond donors (Lipinski definition) is 1. The molecule has 0 aliphatic heterocycles. The predicted molar refractivity (Wildman–Crippen MR) is 151 cm³/mol. The molecule has 1 atom stereocenters. The van der Waals surface area contributed by atoms with Crippen LogP contribution in [0.2, 0.25) is 0 Å². The molecule has 0 radical (unpaired) electrons. The van der Waals surface area contributed by atoms with Crippen LogP contribution < -0.4 is 19.1 Å². The number of benzene rings is 3. The summed E-state index contributed by atoms with van der Waals surface area (Å²) in [6.07, 6.45) is 2.27. The normalized spacial score (nSPS) is 14.7. The lowest BCUT2D eigenvalue weighted by atomic mass is 9.79. The number of halogens is 1. The smallest absolute Gasteiger partial charge is 0.316 e. The minimum absolute atomic E-state index is 0.0590. The zero-order valence-electron chi connectivity index (χ0n) is 23.8.